The van der Waals surface area contributed by atoms with Crippen LogP contribution in [0, 0.1) is 0 Å². The van der Waals surface area contributed by atoms with Crippen LogP contribution in [0.15, 0.2) is 51.6 Å². The molecule has 6 heteroatoms. The lowest BCUT2D eigenvalue weighted by molar-refractivity contribution is 0.283. The highest BCUT2D eigenvalue weighted by molar-refractivity contribution is 5.42. The summed E-state index contributed by atoms with van der Waals surface area (Å²) >= 11 is 0. The van der Waals surface area contributed by atoms with Gasteiger partial charge in [-0.05, 0) is 25.2 Å². The topological polar surface area (TPSA) is 73.3 Å². The lowest BCUT2D eigenvalue weighted by Gasteiger charge is -2.09. The summed E-state index contributed by atoms with van der Waals surface area (Å²) in [6.45, 7) is 0.977. The lowest BCUT2D eigenvalue weighted by atomic mass is 10.2. The van der Waals surface area contributed by atoms with Crippen LogP contribution >= 0.6 is 0 Å². The average Bonchev–Trinajstić information content (AvgIpc) is 3.18. The summed E-state index contributed by atoms with van der Waals surface area (Å²) in [5, 5.41) is 6.98. The standard InChI is InChI=1S/C15H15N3O3/c1-16-9-11-5-2-3-6-12(11)20-10-14-17-15(21-18-14)13-7-4-8-19-13/h2-8,16H,9-10H2,1H3. The van der Waals surface area contributed by atoms with Crippen LogP contribution < -0.4 is 10.1 Å². The minimum Gasteiger partial charge on any atom is -0.485 e. The van der Waals surface area contributed by atoms with Gasteiger partial charge in [-0.25, -0.2) is 0 Å². The Balaban J connectivity index is 1.68. The smallest absolute Gasteiger partial charge is 0.293 e. The van der Waals surface area contributed by atoms with E-state index in [1.54, 1.807) is 18.4 Å². The van der Waals surface area contributed by atoms with Crippen molar-refractivity contribution in [1.29, 1.82) is 0 Å². The number of aromatic nitrogens is 2. The molecule has 0 amide bonds. The molecule has 108 valence electrons. The first-order valence-corrected chi connectivity index (χ1v) is 6.58. The van der Waals surface area contributed by atoms with Crippen LogP contribution in [0.3, 0.4) is 0 Å². The van der Waals surface area contributed by atoms with Crippen LogP contribution in [0.5, 0.6) is 5.75 Å². The van der Waals surface area contributed by atoms with Gasteiger partial charge in [0, 0.05) is 12.1 Å². The first kappa shape index (κ1) is 13.4. The van der Waals surface area contributed by atoms with E-state index in [0.29, 0.717) is 17.5 Å². The molecule has 0 unspecified atom stereocenters. The van der Waals surface area contributed by atoms with Gasteiger partial charge in [-0.15, -0.1) is 0 Å². The van der Waals surface area contributed by atoms with Crippen LogP contribution in [0.25, 0.3) is 11.7 Å². The molecule has 2 heterocycles. The van der Waals surface area contributed by atoms with E-state index in [2.05, 4.69) is 15.5 Å². The molecule has 1 N–H and O–H groups in total. The highest BCUT2D eigenvalue weighted by Crippen LogP contribution is 2.20. The van der Waals surface area contributed by atoms with Crippen LogP contribution in [0.1, 0.15) is 11.4 Å². The molecule has 6 nitrogen and oxygen atoms in total. The Morgan fingerprint density at radius 2 is 2.10 bits per heavy atom. The van der Waals surface area contributed by atoms with E-state index < -0.39 is 0 Å². The molecule has 0 radical (unpaired) electrons. The first-order chi connectivity index (χ1) is 10.4. The zero-order chi connectivity index (χ0) is 14.5. The lowest BCUT2D eigenvalue weighted by Crippen LogP contribution is -2.07. The number of para-hydroxylation sites is 1. The van der Waals surface area contributed by atoms with Crippen LogP contribution in [0.2, 0.25) is 0 Å². The molecule has 21 heavy (non-hydrogen) atoms. The molecule has 0 bridgehead atoms. The van der Waals surface area contributed by atoms with E-state index >= 15 is 0 Å². The van der Waals surface area contributed by atoms with E-state index in [4.69, 9.17) is 13.7 Å². The van der Waals surface area contributed by atoms with Crippen LogP contribution in [-0.4, -0.2) is 17.2 Å². The molecule has 0 aliphatic heterocycles. The van der Waals surface area contributed by atoms with E-state index in [1.807, 2.05) is 31.3 Å². The Morgan fingerprint density at radius 1 is 1.19 bits per heavy atom. The monoisotopic (exact) mass is 285 g/mol. The second kappa shape index (κ2) is 6.23. The fourth-order valence-corrected chi connectivity index (χ4v) is 1.94. The zero-order valence-electron chi connectivity index (χ0n) is 11.6. The number of furan rings is 1. The largest absolute Gasteiger partial charge is 0.485 e. The molecule has 0 fully saturated rings. The highest BCUT2D eigenvalue weighted by Gasteiger charge is 2.12. The van der Waals surface area contributed by atoms with Crippen molar-refractivity contribution in [3.8, 4) is 17.4 Å². The number of benzene rings is 1. The summed E-state index contributed by atoms with van der Waals surface area (Å²) in [6.07, 6.45) is 1.56. The highest BCUT2D eigenvalue weighted by atomic mass is 16.5. The van der Waals surface area contributed by atoms with Gasteiger partial charge in [-0.2, -0.15) is 4.98 Å². The Bertz CT molecular complexity index is 692. The van der Waals surface area contributed by atoms with E-state index in [-0.39, 0.29) is 6.61 Å². The van der Waals surface area contributed by atoms with Crippen LogP contribution in [0.4, 0.5) is 0 Å². The van der Waals surface area contributed by atoms with Crippen molar-refractivity contribution in [3.63, 3.8) is 0 Å². The van der Waals surface area contributed by atoms with Crippen molar-refractivity contribution in [2.75, 3.05) is 7.05 Å². The molecule has 0 aliphatic carbocycles. The third-order valence-corrected chi connectivity index (χ3v) is 2.90. The second-order valence-electron chi connectivity index (χ2n) is 4.42. The summed E-state index contributed by atoms with van der Waals surface area (Å²) in [6, 6.07) is 11.4. The van der Waals surface area contributed by atoms with Gasteiger partial charge in [0.1, 0.15) is 5.75 Å². The Labute approximate surface area is 121 Å². The Kier molecular flexibility index (Phi) is 3.97. The summed E-state index contributed by atoms with van der Waals surface area (Å²) in [5.74, 6) is 2.17. The first-order valence-electron chi connectivity index (χ1n) is 6.58. The molecule has 2 aromatic heterocycles. The summed E-state index contributed by atoms with van der Waals surface area (Å²) in [7, 11) is 1.89. The van der Waals surface area contributed by atoms with Gasteiger partial charge in [0.25, 0.3) is 5.89 Å². The van der Waals surface area contributed by atoms with Crippen molar-refractivity contribution in [1.82, 2.24) is 15.5 Å². The van der Waals surface area contributed by atoms with Crippen molar-refractivity contribution < 1.29 is 13.7 Å². The maximum atomic E-state index is 5.75. The van der Waals surface area contributed by atoms with Crippen LogP contribution in [-0.2, 0) is 13.2 Å². The van der Waals surface area contributed by atoms with Gasteiger partial charge in [-0.3, -0.25) is 0 Å². The number of hydrogen-bond acceptors (Lipinski definition) is 6. The Morgan fingerprint density at radius 3 is 2.90 bits per heavy atom. The van der Waals surface area contributed by atoms with E-state index in [1.165, 1.54) is 0 Å². The minimum atomic E-state index is 0.241. The summed E-state index contributed by atoms with van der Waals surface area (Å²) in [5.41, 5.74) is 1.08. The van der Waals surface area contributed by atoms with Gasteiger partial charge in [0.2, 0.25) is 5.82 Å². The maximum Gasteiger partial charge on any atom is 0.293 e. The van der Waals surface area contributed by atoms with E-state index in [9.17, 15) is 0 Å². The zero-order valence-corrected chi connectivity index (χ0v) is 11.6. The van der Waals surface area contributed by atoms with Crippen molar-refractivity contribution >= 4 is 0 Å². The predicted octanol–water partition coefficient (Wildman–Crippen LogP) is 2.63. The Hall–Kier alpha value is -2.60. The number of hydrogen-bond donors (Lipinski definition) is 1. The van der Waals surface area contributed by atoms with Gasteiger partial charge in [0.15, 0.2) is 12.4 Å². The molecule has 0 spiro atoms. The quantitative estimate of drug-likeness (QED) is 0.750. The SMILES string of the molecule is CNCc1ccccc1OCc1noc(-c2ccco2)n1. The normalized spacial score (nSPS) is 10.7. The van der Waals surface area contributed by atoms with Gasteiger partial charge < -0.3 is 19.0 Å². The maximum absolute atomic E-state index is 5.75. The molecule has 1 aromatic carbocycles. The second-order valence-corrected chi connectivity index (χ2v) is 4.42. The number of ether oxygens (including phenoxy) is 1. The number of rotatable bonds is 6. The third kappa shape index (κ3) is 3.11. The molecule has 0 saturated heterocycles. The fraction of sp³-hybridized carbons (Fsp3) is 0.200. The molecule has 3 rings (SSSR count). The van der Waals surface area contributed by atoms with Crippen molar-refractivity contribution in [2.45, 2.75) is 13.2 Å². The number of nitrogens with one attached hydrogen (secondary N) is 1. The minimum absolute atomic E-state index is 0.241. The van der Waals surface area contributed by atoms with Gasteiger partial charge >= 0.3 is 0 Å². The predicted molar refractivity (Wildman–Crippen MR) is 75.5 cm³/mol. The molecule has 0 atom stereocenters. The summed E-state index contributed by atoms with van der Waals surface area (Å²) in [4.78, 5) is 4.23. The molecule has 0 aliphatic rings. The summed E-state index contributed by atoms with van der Waals surface area (Å²) < 4.78 is 16.1. The van der Waals surface area contributed by atoms with Crippen molar-refractivity contribution in [3.05, 3.63) is 54.0 Å². The molecule has 3 aromatic rings. The third-order valence-electron chi connectivity index (χ3n) is 2.90. The van der Waals surface area contributed by atoms with Gasteiger partial charge in [-0.1, -0.05) is 23.4 Å². The average molecular weight is 285 g/mol. The molecular weight excluding hydrogens is 270 g/mol. The van der Waals surface area contributed by atoms with Gasteiger partial charge in [0.05, 0.1) is 6.26 Å². The molecule has 0 saturated carbocycles. The van der Waals surface area contributed by atoms with E-state index in [0.717, 1.165) is 17.9 Å². The fourth-order valence-electron chi connectivity index (χ4n) is 1.94. The van der Waals surface area contributed by atoms with Crippen molar-refractivity contribution in [2.24, 2.45) is 0 Å². The molecular formula is C15H15N3O3. The number of nitrogens with zero attached hydrogens (tertiary/aromatic N) is 2.